The van der Waals surface area contributed by atoms with Crippen molar-refractivity contribution in [3.8, 4) is 0 Å². The van der Waals surface area contributed by atoms with E-state index in [1.54, 1.807) is 14.0 Å². The standard InChI is InChI=1S/C23H33N5O5S/c1-5-7-10-28-19(24)18(20(30)26-23(28)32)27(4)12-16(29)25-21-17(22(31)33-6-2)14-9-8-13(3)11-15(14)34-21/h13H,5-12,24H2,1-4H3,(H,25,29)(H,26,30,32). The molecular weight excluding hydrogens is 458 g/mol. The van der Waals surface area contributed by atoms with Crippen molar-refractivity contribution >= 4 is 39.7 Å². The second kappa shape index (κ2) is 10.9. The van der Waals surface area contributed by atoms with Gasteiger partial charge in [-0.25, -0.2) is 9.59 Å². The van der Waals surface area contributed by atoms with Crippen LogP contribution < -0.4 is 27.2 Å². The van der Waals surface area contributed by atoms with Crippen molar-refractivity contribution in [3.63, 3.8) is 0 Å². The molecule has 1 aliphatic carbocycles. The van der Waals surface area contributed by atoms with Crippen LogP contribution in [-0.4, -0.2) is 41.6 Å². The molecule has 1 unspecified atom stereocenters. The number of carbonyl (C=O) groups is 2. The summed E-state index contributed by atoms with van der Waals surface area (Å²) in [7, 11) is 1.56. The van der Waals surface area contributed by atoms with Gasteiger partial charge in [0.15, 0.2) is 0 Å². The van der Waals surface area contributed by atoms with Gasteiger partial charge in [-0.3, -0.25) is 19.1 Å². The molecule has 1 atom stereocenters. The van der Waals surface area contributed by atoms with Crippen molar-refractivity contribution < 1.29 is 14.3 Å². The predicted molar refractivity (Wildman–Crippen MR) is 134 cm³/mol. The second-order valence-electron chi connectivity index (χ2n) is 8.68. The van der Waals surface area contributed by atoms with Gasteiger partial charge in [-0.1, -0.05) is 20.3 Å². The van der Waals surface area contributed by atoms with Crippen LogP contribution in [0.5, 0.6) is 0 Å². The molecule has 4 N–H and O–H groups in total. The Labute approximate surface area is 202 Å². The van der Waals surface area contributed by atoms with Crippen molar-refractivity contribution in [1.29, 1.82) is 0 Å². The number of ether oxygens (including phenoxy) is 1. The van der Waals surface area contributed by atoms with Crippen molar-refractivity contribution in [2.45, 2.75) is 59.4 Å². The first-order valence-corrected chi connectivity index (χ1v) is 12.4. The average molecular weight is 492 g/mol. The molecule has 0 saturated carbocycles. The number of hydrogen-bond donors (Lipinski definition) is 3. The molecule has 0 saturated heterocycles. The van der Waals surface area contributed by atoms with Gasteiger partial charge >= 0.3 is 11.7 Å². The lowest BCUT2D eigenvalue weighted by molar-refractivity contribution is -0.114. The molecule has 2 aromatic heterocycles. The zero-order valence-electron chi connectivity index (χ0n) is 20.2. The van der Waals surface area contributed by atoms with Gasteiger partial charge in [0.25, 0.3) is 5.56 Å². The van der Waals surface area contributed by atoms with E-state index in [1.165, 1.54) is 20.8 Å². The fourth-order valence-corrected chi connectivity index (χ4v) is 5.62. The number of nitrogen functional groups attached to an aromatic ring is 1. The van der Waals surface area contributed by atoms with Gasteiger partial charge in [0.2, 0.25) is 5.91 Å². The van der Waals surface area contributed by atoms with E-state index in [0.717, 1.165) is 42.5 Å². The van der Waals surface area contributed by atoms with E-state index < -0.39 is 23.1 Å². The van der Waals surface area contributed by atoms with Crippen molar-refractivity contribution in [3.05, 3.63) is 36.8 Å². The molecule has 10 nitrogen and oxygen atoms in total. The summed E-state index contributed by atoms with van der Waals surface area (Å²) in [5.41, 5.74) is 6.34. The van der Waals surface area contributed by atoms with Gasteiger partial charge in [0.05, 0.1) is 18.7 Å². The lowest BCUT2D eigenvalue weighted by Crippen LogP contribution is -2.39. The number of carbonyl (C=O) groups excluding carboxylic acids is 2. The van der Waals surface area contributed by atoms with Crippen LogP contribution in [0.4, 0.5) is 16.5 Å². The molecule has 1 amide bonds. The molecular formula is C23H33N5O5S. The second-order valence-corrected chi connectivity index (χ2v) is 9.78. The minimum absolute atomic E-state index is 0.0188. The highest BCUT2D eigenvalue weighted by Gasteiger charge is 2.29. The van der Waals surface area contributed by atoms with Crippen LogP contribution in [0.15, 0.2) is 9.59 Å². The first kappa shape index (κ1) is 25.5. The number of anilines is 3. The zero-order valence-corrected chi connectivity index (χ0v) is 21.0. The van der Waals surface area contributed by atoms with Crippen molar-refractivity contribution in [1.82, 2.24) is 9.55 Å². The summed E-state index contributed by atoms with van der Waals surface area (Å²) in [6, 6.07) is 0. The zero-order chi connectivity index (χ0) is 25.0. The molecule has 1 aliphatic rings. The molecule has 2 aromatic rings. The van der Waals surface area contributed by atoms with Crippen LogP contribution in [0.1, 0.15) is 60.8 Å². The summed E-state index contributed by atoms with van der Waals surface area (Å²) in [6.07, 6.45) is 4.17. The average Bonchev–Trinajstić information content (AvgIpc) is 3.10. The fourth-order valence-electron chi connectivity index (χ4n) is 4.20. The Bertz CT molecular complexity index is 1180. The van der Waals surface area contributed by atoms with E-state index in [9.17, 15) is 19.2 Å². The Morgan fingerprint density at radius 3 is 2.74 bits per heavy atom. The Morgan fingerprint density at radius 1 is 1.32 bits per heavy atom. The molecule has 186 valence electrons. The monoisotopic (exact) mass is 491 g/mol. The van der Waals surface area contributed by atoms with Gasteiger partial charge < -0.3 is 20.7 Å². The van der Waals surface area contributed by atoms with Gasteiger partial charge in [0.1, 0.15) is 16.5 Å². The fraction of sp³-hybridized carbons (Fsp3) is 0.565. The molecule has 11 heteroatoms. The highest BCUT2D eigenvalue weighted by atomic mass is 32.1. The maximum Gasteiger partial charge on any atom is 0.341 e. The number of amides is 1. The Hall–Kier alpha value is -3.08. The number of aromatic nitrogens is 2. The maximum atomic E-state index is 12.9. The first-order valence-electron chi connectivity index (χ1n) is 11.6. The number of nitrogens with two attached hydrogens (primary N) is 1. The van der Waals surface area contributed by atoms with Gasteiger partial charge in [-0.15, -0.1) is 11.3 Å². The quantitative estimate of drug-likeness (QED) is 0.458. The highest BCUT2D eigenvalue weighted by molar-refractivity contribution is 7.17. The van der Waals surface area contributed by atoms with E-state index in [0.29, 0.717) is 23.0 Å². The Morgan fingerprint density at radius 2 is 2.06 bits per heavy atom. The number of fused-ring (bicyclic) bond motifs is 1. The summed E-state index contributed by atoms with van der Waals surface area (Å²) in [6.45, 7) is 6.31. The lowest BCUT2D eigenvalue weighted by Gasteiger charge is -2.21. The molecule has 34 heavy (non-hydrogen) atoms. The summed E-state index contributed by atoms with van der Waals surface area (Å²) >= 11 is 1.40. The van der Waals surface area contributed by atoms with Crippen molar-refractivity contribution in [2.75, 3.05) is 36.1 Å². The van der Waals surface area contributed by atoms with E-state index in [1.807, 2.05) is 6.92 Å². The molecule has 0 radical (unpaired) electrons. The smallest absolute Gasteiger partial charge is 0.341 e. The lowest BCUT2D eigenvalue weighted by atomic mass is 9.88. The van der Waals surface area contributed by atoms with E-state index in [4.69, 9.17) is 10.5 Å². The molecule has 0 bridgehead atoms. The number of rotatable bonds is 9. The maximum absolute atomic E-state index is 12.9. The topological polar surface area (TPSA) is 140 Å². The highest BCUT2D eigenvalue weighted by Crippen LogP contribution is 2.40. The molecule has 3 rings (SSSR count). The molecule has 2 heterocycles. The number of nitrogens with zero attached hydrogens (tertiary/aromatic N) is 2. The number of likely N-dealkylation sites (N-methyl/N-ethyl adjacent to an activating group) is 1. The van der Waals surface area contributed by atoms with Crippen LogP contribution >= 0.6 is 11.3 Å². The number of aromatic amines is 1. The van der Waals surface area contributed by atoms with E-state index >= 15 is 0 Å². The minimum atomic E-state index is -0.654. The number of esters is 1. The van der Waals surface area contributed by atoms with Crippen molar-refractivity contribution in [2.24, 2.45) is 5.92 Å². The van der Waals surface area contributed by atoms with Crippen LogP contribution in [0.25, 0.3) is 0 Å². The van der Waals surface area contributed by atoms with Crippen LogP contribution in [0, 0.1) is 5.92 Å². The van der Waals surface area contributed by atoms with Gasteiger partial charge in [-0.05, 0) is 44.1 Å². The number of hydrogen-bond acceptors (Lipinski definition) is 8. The SMILES string of the molecule is CCCCn1c(N)c(N(C)CC(=O)Nc2sc3c(c2C(=O)OCC)CCC(C)C3)c(=O)[nH]c1=O. The minimum Gasteiger partial charge on any atom is -0.462 e. The summed E-state index contributed by atoms with van der Waals surface area (Å²) in [5, 5.41) is 3.30. The molecule has 0 aromatic carbocycles. The third kappa shape index (κ3) is 5.35. The number of H-pyrrole nitrogens is 1. The van der Waals surface area contributed by atoms with Crippen LogP contribution in [0.2, 0.25) is 0 Å². The van der Waals surface area contributed by atoms with Gasteiger partial charge in [0, 0.05) is 18.5 Å². The van der Waals surface area contributed by atoms with Crippen LogP contribution in [-0.2, 0) is 28.9 Å². The predicted octanol–water partition coefficient (Wildman–Crippen LogP) is 2.36. The third-order valence-electron chi connectivity index (χ3n) is 5.96. The first-order chi connectivity index (χ1) is 16.2. The third-order valence-corrected chi connectivity index (χ3v) is 7.13. The summed E-state index contributed by atoms with van der Waals surface area (Å²) in [4.78, 5) is 55.0. The summed E-state index contributed by atoms with van der Waals surface area (Å²) < 4.78 is 6.56. The largest absolute Gasteiger partial charge is 0.462 e. The molecule has 0 fully saturated rings. The number of thiophene rings is 1. The van der Waals surface area contributed by atoms with Crippen LogP contribution in [0.3, 0.4) is 0 Å². The summed E-state index contributed by atoms with van der Waals surface area (Å²) in [5.74, 6) is -0.328. The normalized spacial score (nSPS) is 15.0. The number of unbranched alkanes of at least 4 members (excludes halogenated alkanes) is 1. The molecule has 0 spiro atoms. The van der Waals surface area contributed by atoms with E-state index in [-0.39, 0.29) is 24.7 Å². The molecule has 0 aliphatic heterocycles. The Kier molecular flexibility index (Phi) is 8.19. The van der Waals surface area contributed by atoms with Gasteiger partial charge in [-0.2, -0.15) is 0 Å². The number of nitrogens with one attached hydrogen (secondary N) is 2. The Balaban J connectivity index is 1.85. The van der Waals surface area contributed by atoms with E-state index in [2.05, 4.69) is 17.2 Å².